The predicted molar refractivity (Wildman–Crippen MR) is 125 cm³/mol. The summed E-state index contributed by atoms with van der Waals surface area (Å²) in [7, 11) is 0. The molecule has 1 saturated heterocycles. The predicted octanol–water partition coefficient (Wildman–Crippen LogP) is 4.49. The number of hydrogen-bond acceptors (Lipinski definition) is 4. The monoisotopic (exact) mass is 465 g/mol. The summed E-state index contributed by atoms with van der Waals surface area (Å²) >= 11 is 13.6. The lowest BCUT2D eigenvalue weighted by Crippen LogP contribution is -2.50. The van der Waals surface area contributed by atoms with E-state index in [0.717, 1.165) is 21.7 Å². The Morgan fingerprint density at radius 2 is 1.70 bits per heavy atom. The molecule has 1 heterocycles. The first-order valence-electron chi connectivity index (χ1n) is 9.77. The van der Waals surface area contributed by atoms with Crippen molar-refractivity contribution in [2.75, 3.05) is 43.8 Å². The number of benzene rings is 2. The zero-order valence-electron chi connectivity index (χ0n) is 17.1. The summed E-state index contributed by atoms with van der Waals surface area (Å²) in [4.78, 5) is 29.7. The fraction of sp³-hybridized carbons (Fsp3) is 0.364. The number of para-hydroxylation sites is 1. The van der Waals surface area contributed by atoms with Crippen LogP contribution < -0.4 is 5.32 Å². The minimum Gasteiger partial charge on any atom is -0.339 e. The van der Waals surface area contributed by atoms with Crippen LogP contribution in [0.4, 0.5) is 5.69 Å². The molecule has 0 unspecified atom stereocenters. The van der Waals surface area contributed by atoms with Crippen LogP contribution in [0.3, 0.4) is 0 Å². The number of carbonyl (C=O) groups excluding carboxylic acids is 2. The van der Waals surface area contributed by atoms with Gasteiger partial charge in [-0.05, 0) is 43.2 Å². The molecule has 0 bridgehead atoms. The molecule has 2 amide bonds. The van der Waals surface area contributed by atoms with Gasteiger partial charge in [0.25, 0.3) is 0 Å². The molecule has 0 spiro atoms. The maximum absolute atomic E-state index is 12.5. The number of hydrogen-bond donors (Lipinski definition) is 1. The third-order valence-electron chi connectivity index (χ3n) is 5.08. The molecular weight excluding hydrogens is 441 g/mol. The van der Waals surface area contributed by atoms with Gasteiger partial charge in [0.2, 0.25) is 11.8 Å². The van der Waals surface area contributed by atoms with Crippen molar-refractivity contribution < 1.29 is 9.59 Å². The highest BCUT2D eigenvalue weighted by atomic mass is 35.5. The number of aryl methyl sites for hydroxylation is 2. The Morgan fingerprint density at radius 3 is 2.37 bits per heavy atom. The molecule has 1 N–H and O–H groups in total. The first-order valence-corrected chi connectivity index (χ1v) is 11.5. The Labute approximate surface area is 191 Å². The van der Waals surface area contributed by atoms with Crippen LogP contribution in [-0.4, -0.2) is 60.1 Å². The standard InChI is InChI=1S/C22H25Cl2N3O2S/c1-15-4-3-5-16(2)22(15)25-20(28)13-26-8-10-27(11-9-26)21(29)14-30-19-12-17(23)6-7-18(19)24/h3-7,12H,8-11,13-14H2,1-2H3,(H,25,28). The van der Waals surface area contributed by atoms with Crippen LogP contribution in [0, 0.1) is 13.8 Å². The van der Waals surface area contributed by atoms with Crippen LogP contribution >= 0.6 is 35.0 Å². The van der Waals surface area contributed by atoms with Crippen molar-refractivity contribution >= 4 is 52.5 Å². The van der Waals surface area contributed by atoms with Crippen molar-refractivity contribution in [1.29, 1.82) is 0 Å². The van der Waals surface area contributed by atoms with E-state index in [-0.39, 0.29) is 11.8 Å². The lowest BCUT2D eigenvalue weighted by atomic mass is 10.1. The average Bonchev–Trinajstić information content (AvgIpc) is 2.72. The molecule has 2 aromatic rings. The van der Waals surface area contributed by atoms with E-state index in [1.165, 1.54) is 11.8 Å². The molecular formula is C22H25Cl2N3O2S. The Hall–Kier alpha value is -1.73. The third kappa shape index (κ3) is 6.14. The molecule has 1 aliphatic rings. The molecule has 0 aliphatic carbocycles. The second-order valence-corrected chi connectivity index (χ2v) is 9.20. The zero-order chi connectivity index (χ0) is 21.7. The van der Waals surface area contributed by atoms with E-state index in [0.29, 0.717) is 48.5 Å². The SMILES string of the molecule is Cc1cccc(C)c1NC(=O)CN1CCN(C(=O)CSc2cc(Cl)ccc2Cl)CC1. The van der Waals surface area contributed by atoms with Crippen LogP contribution in [0.1, 0.15) is 11.1 Å². The molecule has 1 aliphatic heterocycles. The van der Waals surface area contributed by atoms with Gasteiger partial charge in [-0.1, -0.05) is 41.4 Å². The van der Waals surface area contributed by atoms with Crippen molar-refractivity contribution in [3.63, 3.8) is 0 Å². The molecule has 0 atom stereocenters. The lowest BCUT2D eigenvalue weighted by molar-refractivity contribution is -0.130. The van der Waals surface area contributed by atoms with E-state index in [4.69, 9.17) is 23.2 Å². The van der Waals surface area contributed by atoms with Crippen LogP contribution in [-0.2, 0) is 9.59 Å². The summed E-state index contributed by atoms with van der Waals surface area (Å²) < 4.78 is 0. The number of rotatable bonds is 6. The number of amides is 2. The minimum absolute atomic E-state index is 0.0293. The molecule has 5 nitrogen and oxygen atoms in total. The number of nitrogens with zero attached hydrogens (tertiary/aromatic N) is 2. The average molecular weight is 466 g/mol. The van der Waals surface area contributed by atoms with E-state index in [1.807, 2.05) is 36.9 Å². The van der Waals surface area contributed by atoms with Crippen molar-refractivity contribution in [2.24, 2.45) is 0 Å². The number of anilines is 1. The van der Waals surface area contributed by atoms with Gasteiger partial charge in [-0.3, -0.25) is 14.5 Å². The molecule has 0 aromatic heterocycles. The van der Waals surface area contributed by atoms with Crippen LogP contribution in [0.25, 0.3) is 0 Å². The molecule has 3 rings (SSSR count). The summed E-state index contributed by atoms with van der Waals surface area (Å²) in [6, 6.07) is 11.2. The van der Waals surface area contributed by atoms with E-state index >= 15 is 0 Å². The number of halogens is 2. The van der Waals surface area contributed by atoms with Gasteiger partial charge in [-0.15, -0.1) is 11.8 Å². The number of carbonyl (C=O) groups is 2. The number of thioether (sulfide) groups is 1. The summed E-state index contributed by atoms with van der Waals surface area (Å²) in [6.07, 6.45) is 0. The first-order chi connectivity index (χ1) is 14.3. The van der Waals surface area contributed by atoms with E-state index in [2.05, 4.69) is 10.2 Å². The van der Waals surface area contributed by atoms with Crippen LogP contribution in [0.2, 0.25) is 10.0 Å². The fourth-order valence-corrected chi connectivity index (χ4v) is 4.76. The molecule has 0 saturated carbocycles. The summed E-state index contributed by atoms with van der Waals surface area (Å²) in [6.45, 7) is 6.87. The highest BCUT2D eigenvalue weighted by Gasteiger charge is 2.23. The van der Waals surface area contributed by atoms with Gasteiger partial charge in [0.15, 0.2) is 0 Å². The quantitative estimate of drug-likeness (QED) is 0.638. The lowest BCUT2D eigenvalue weighted by Gasteiger charge is -2.34. The first kappa shape index (κ1) is 22.9. The zero-order valence-corrected chi connectivity index (χ0v) is 19.4. The Bertz CT molecular complexity index is 910. The highest BCUT2D eigenvalue weighted by molar-refractivity contribution is 8.00. The van der Waals surface area contributed by atoms with Crippen molar-refractivity contribution in [2.45, 2.75) is 18.7 Å². The van der Waals surface area contributed by atoms with Gasteiger partial charge in [0, 0.05) is 41.8 Å². The molecule has 30 heavy (non-hydrogen) atoms. The maximum atomic E-state index is 12.5. The van der Waals surface area contributed by atoms with Gasteiger partial charge >= 0.3 is 0 Å². The van der Waals surface area contributed by atoms with Crippen molar-refractivity contribution in [1.82, 2.24) is 9.80 Å². The van der Waals surface area contributed by atoms with Gasteiger partial charge in [-0.2, -0.15) is 0 Å². The van der Waals surface area contributed by atoms with Gasteiger partial charge in [0.05, 0.1) is 17.3 Å². The van der Waals surface area contributed by atoms with Gasteiger partial charge in [-0.25, -0.2) is 0 Å². The number of piperazine rings is 1. The van der Waals surface area contributed by atoms with Gasteiger partial charge < -0.3 is 10.2 Å². The summed E-state index contributed by atoms with van der Waals surface area (Å²) in [5.41, 5.74) is 2.99. The minimum atomic E-state index is -0.0293. The van der Waals surface area contributed by atoms with E-state index in [1.54, 1.807) is 18.2 Å². The highest BCUT2D eigenvalue weighted by Crippen LogP contribution is 2.30. The Kier molecular flexibility index (Phi) is 8.06. The topological polar surface area (TPSA) is 52.7 Å². The molecule has 160 valence electrons. The second-order valence-electron chi connectivity index (χ2n) is 7.34. The Morgan fingerprint density at radius 1 is 1.03 bits per heavy atom. The van der Waals surface area contributed by atoms with E-state index in [9.17, 15) is 9.59 Å². The summed E-state index contributed by atoms with van der Waals surface area (Å²) in [5.74, 6) is 0.349. The van der Waals surface area contributed by atoms with Crippen LogP contribution in [0.15, 0.2) is 41.3 Å². The molecule has 0 radical (unpaired) electrons. The molecule has 8 heteroatoms. The maximum Gasteiger partial charge on any atom is 0.238 e. The fourth-order valence-electron chi connectivity index (χ4n) is 3.37. The van der Waals surface area contributed by atoms with Crippen LogP contribution in [0.5, 0.6) is 0 Å². The summed E-state index contributed by atoms with van der Waals surface area (Å²) in [5, 5.41) is 4.21. The van der Waals surface area contributed by atoms with E-state index < -0.39 is 0 Å². The van der Waals surface area contributed by atoms with Crippen molar-refractivity contribution in [3.05, 3.63) is 57.6 Å². The normalized spacial score (nSPS) is 14.6. The third-order valence-corrected chi connectivity index (χ3v) is 6.80. The smallest absolute Gasteiger partial charge is 0.238 e. The Balaban J connectivity index is 1.44. The van der Waals surface area contributed by atoms with Gasteiger partial charge in [0.1, 0.15) is 0 Å². The largest absolute Gasteiger partial charge is 0.339 e. The van der Waals surface area contributed by atoms with Crippen molar-refractivity contribution in [3.8, 4) is 0 Å². The second kappa shape index (κ2) is 10.5. The number of nitrogens with one attached hydrogen (secondary N) is 1. The molecule has 1 fully saturated rings. The molecule has 2 aromatic carbocycles.